The van der Waals surface area contributed by atoms with Crippen LogP contribution in [0.3, 0.4) is 0 Å². The molecule has 14 heavy (non-hydrogen) atoms. The van der Waals surface area contributed by atoms with Crippen LogP contribution in [0.1, 0.15) is 34.6 Å². The Morgan fingerprint density at radius 1 is 1.43 bits per heavy atom. The zero-order valence-corrected chi connectivity index (χ0v) is 10.2. The molecule has 1 unspecified atom stereocenters. The van der Waals surface area contributed by atoms with Gasteiger partial charge in [-0.2, -0.15) is 0 Å². The highest BCUT2D eigenvalue weighted by Gasteiger charge is 2.33. The number of nitrogens with one attached hydrogen (secondary N) is 1. The molecular formula is C11H25N3. The lowest BCUT2D eigenvalue weighted by molar-refractivity contribution is 0.105. The summed E-state index contributed by atoms with van der Waals surface area (Å²) in [6.45, 7) is 16.7. The molecule has 0 aromatic rings. The first-order valence-electron chi connectivity index (χ1n) is 5.28. The van der Waals surface area contributed by atoms with Crippen molar-refractivity contribution in [2.24, 2.45) is 5.84 Å². The van der Waals surface area contributed by atoms with Crippen molar-refractivity contribution in [3.05, 3.63) is 12.2 Å². The summed E-state index contributed by atoms with van der Waals surface area (Å²) in [5.41, 5.74) is 3.93. The van der Waals surface area contributed by atoms with E-state index in [9.17, 15) is 0 Å². The van der Waals surface area contributed by atoms with E-state index in [1.165, 1.54) is 0 Å². The summed E-state index contributed by atoms with van der Waals surface area (Å²) >= 11 is 0. The summed E-state index contributed by atoms with van der Waals surface area (Å²) in [6.07, 6.45) is 0. The quantitative estimate of drug-likeness (QED) is 0.387. The molecule has 84 valence electrons. The molecule has 0 radical (unpaired) electrons. The number of nitrogens with zero attached hydrogens (tertiary/aromatic N) is 1. The first-order valence-corrected chi connectivity index (χ1v) is 5.28. The number of hydrogen-bond acceptors (Lipinski definition) is 3. The van der Waals surface area contributed by atoms with Crippen molar-refractivity contribution in [3.63, 3.8) is 0 Å². The fourth-order valence-corrected chi connectivity index (χ4v) is 2.17. The Kier molecular flexibility index (Phi) is 5.34. The smallest absolute Gasteiger partial charge is 0.0593 e. The molecule has 0 amide bonds. The largest absolute Gasteiger partial charge is 0.297 e. The Bertz CT molecular complexity index is 183. The highest BCUT2D eigenvalue weighted by molar-refractivity contribution is 5.11. The molecule has 0 saturated carbocycles. The van der Waals surface area contributed by atoms with Crippen LogP contribution in [0.2, 0.25) is 0 Å². The molecule has 0 aliphatic heterocycles. The molecule has 0 heterocycles. The summed E-state index contributed by atoms with van der Waals surface area (Å²) in [7, 11) is 0. The van der Waals surface area contributed by atoms with E-state index in [0.29, 0.717) is 0 Å². The van der Waals surface area contributed by atoms with Crippen molar-refractivity contribution in [1.82, 2.24) is 10.3 Å². The predicted octanol–water partition coefficient (Wildman–Crippen LogP) is 1.51. The molecule has 0 aliphatic carbocycles. The molecule has 0 saturated heterocycles. The molecule has 3 N–H and O–H groups in total. The molecule has 3 nitrogen and oxygen atoms in total. The number of likely N-dealkylation sites (N-methyl/N-ethyl adjacent to an activating group) is 1. The van der Waals surface area contributed by atoms with E-state index in [1.807, 2.05) is 6.92 Å². The van der Waals surface area contributed by atoms with E-state index in [1.54, 1.807) is 0 Å². The van der Waals surface area contributed by atoms with Gasteiger partial charge in [-0.15, -0.1) is 0 Å². The van der Waals surface area contributed by atoms with Crippen molar-refractivity contribution in [2.75, 3.05) is 13.1 Å². The van der Waals surface area contributed by atoms with E-state index >= 15 is 0 Å². The average molecular weight is 199 g/mol. The highest BCUT2D eigenvalue weighted by atomic mass is 15.3. The molecule has 1 atom stereocenters. The van der Waals surface area contributed by atoms with Gasteiger partial charge in [-0.25, -0.2) is 0 Å². The van der Waals surface area contributed by atoms with Gasteiger partial charge >= 0.3 is 0 Å². The third-order valence-electron chi connectivity index (χ3n) is 2.94. The van der Waals surface area contributed by atoms with Gasteiger partial charge in [0, 0.05) is 5.54 Å². The van der Waals surface area contributed by atoms with E-state index in [0.717, 1.165) is 18.7 Å². The van der Waals surface area contributed by atoms with Crippen molar-refractivity contribution < 1.29 is 0 Å². The van der Waals surface area contributed by atoms with Gasteiger partial charge in [-0.1, -0.05) is 26.0 Å². The zero-order valence-electron chi connectivity index (χ0n) is 10.2. The Morgan fingerprint density at radius 2 is 1.86 bits per heavy atom. The summed E-state index contributed by atoms with van der Waals surface area (Å²) in [5.74, 6) is 5.57. The minimum atomic E-state index is 0.00405. The molecule has 0 aromatic carbocycles. The number of hydrogen-bond donors (Lipinski definition) is 2. The zero-order chi connectivity index (χ0) is 11.4. The third kappa shape index (κ3) is 2.80. The molecule has 0 aromatic heterocycles. The van der Waals surface area contributed by atoms with Gasteiger partial charge in [0.05, 0.1) is 6.04 Å². The fourth-order valence-electron chi connectivity index (χ4n) is 2.17. The van der Waals surface area contributed by atoms with Gasteiger partial charge in [-0.3, -0.25) is 16.2 Å². The van der Waals surface area contributed by atoms with Crippen LogP contribution in [-0.2, 0) is 0 Å². The summed E-state index contributed by atoms with van der Waals surface area (Å²) in [6, 6.07) is 0.127. The fraction of sp³-hybridized carbons (Fsp3) is 0.818. The minimum Gasteiger partial charge on any atom is -0.297 e. The van der Waals surface area contributed by atoms with Crippen LogP contribution in [0, 0.1) is 0 Å². The number of nitrogens with two attached hydrogens (primary N) is 1. The van der Waals surface area contributed by atoms with Crippen molar-refractivity contribution >= 4 is 0 Å². The van der Waals surface area contributed by atoms with Gasteiger partial charge in [0.1, 0.15) is 0 Å². The second-order valence-corrected chi connectivity index (χ2v) is 4.27. The average Bonchev–Trinajstić information content (AvgIpc) is 2.05. The Labute approximate surface area is 88.3 Å². The molecular weight excluding hydrogens is 174 g/mol. The van der Waals surface area contributed by atoms with Crippen LogP contribution in [0.15, 0.2) is 12.2 Å². The molecule has 0 rings (SSSR count). The van der Waals surface area contributed by atoms with Crippen LogP contribution >= 0.6 is 0 Å². The molecule has 3 heteroatoms. The predicted molar refractivity (Wildman–Crippen MR) is 62.9 cm³/mol. The molecule has 0 aliphatic rings. The van der Waals surface area contributed by atoms with Crippen LogP contribution in [0.4, 0.5) is 0 Å². The molecule has 0 spiro atoms. The Morgan fingerprint density at radius 3 is 2.07 bits per heavy atom. The van der Waals surface area contributed by atoms with Crippen molar-refractivity contribution in [3.8, 4) is 0 Å². The molecule has 0 fully saturated rings. The van der Waals surface area contributed by atoms with Gasteiger partial charge in [-0.05, 0) is 33.9 Å². The number of rotatable bonds is 6. The highest BCUT2D eigenvalue weighted by Crippen LogP contribution is 2.22. The second-order valence-electron chi connectivity index (χ2n) is 4.27. The van der Waals surface area contributed by atoms with Gasteiger partial charge in [0.25, 0.3) is 0 Å². The summed E-state index contributed by atoms with van der Waals surface area (Å²) in [5, 5.41) is 0. The van der Waals surface area contributed by atoms with Crippen molar-refractivity contribution in [2.45, 2.75) is 46.2 Å². The Hall–Kier alpha value is -0.380. The maximum Gasteiger partial charge on any atom is 0.0593 e. The molecule has 0 bridgehead atoms. The second kappa shape index (κ2) is 5.49. The van der Waals surface area contributed by atoms with Gasteiger partial charge in [0.2, 0.25) is 0 Å². The maximum atomic E-state index is 5.57. The monoisotopic (exact) mass is 199 g/mol. The van der Waals surface area contributed by atoms with Crippen LogP contribution < -0.4 is 11.3 Å². The van der Waals surface area contributed by atoms with Crippen LogP contribution in [0.5, 0.6) is 0 Å². The minimum absolute atomic E-state index is 0.00405. The first-order chi connectivity index (χ1) is 6.41. The van der Waals surface area contributed by atoms with E-state index in [4.69, 9.17) is 5.84 Å². The normalized spacial score (nSPS) is 14.5. The Balaban J connectivity index is 4.78. The van der Waals surface area contributed by atoms with Crippen molar-refractivity contribution in [1.29, 1.82) is 0 Å². The third-order valence-corrected chi connectivity index (χ3v) is 2.94. The SMILES string of the molecule is C=C(C)C(NN)C(C)(C)N(CC)CC. The lowest BCUT2D eigenvalue weighted by Crippen LogP contribution is -2.59. The van der Waals surface area contributed by atoms with Gasteiger partial charge < -0.3 is 0 Å². The summed E-state index contributed by atoms with van der Waals surface area (Å²) in [4.78, 5) is 2.38. The van der Waals surface area contributed by atoms with E-state index < -0.39 is 0 Å². The van der Waals surface area contributed by atoms with E-state index in [2.05, 4.69) is 44.6 Å². The van der Waals surface area contributed by atoms with E-state index in [-0.39, 0.29) is 11.6 Å². The lowest BCUT2D eigenvalue weighted by Gasteiger charge is -2.43. The lowest BCUT2D eigenvalue weighted by atomic mass is 9.88. The number of hydrazine groups is 1. The summed E-state index contributed by atoms with van der Waals surface area (Å²) < 4.78 is 0. The maximum absolute atomic E-state index is 5.57. The topological polar surface area (TPSA) is 41.3 Å². The standard InChI is InChI=1S/C11H25N3/c1-7-14(8-2)11(5,6)10(13-12)9(3)4/h10,13H,3,7-8,12H2,1-2,4-6H3. The van der Waals surface area contributed by atoms with Gasteiger partial charge in [0.15, 0.2) is 0 Å². The first kappa shape index (κ1) is 13.6. The van der Waals surface area contributed by atoms with Crippen LogP contribution in [0.25, 0.3) is 0 Å². The van der Waals surface area contributed by atoms with Crippen LogP contribution in [-0.4, -0.2) is 29.6 Å².